The van der Waals surface area contributed by atoms with E-state index in [2.05, 4.69) is 26.3 Å². The van der Waals surface area contributed by atoms with Gasteiger partial charge >= 0.3 is 0 Å². The Kier molecular flexibility index (Phi) is 4.60. The number of carbonyl (C=O) groups is 1. The molecule has 106 valence electrons. The van der Waals surface area contributed by atoms with E-state index in [1.807, 2.05) is 45.2 Å². The highest BCUT2D eigenvalue weighted by atomic mass is 79.9. The van der Waals surface area contributed by atoms with Crippen LogP contribution in [0.5, 0.6) is 0 Å². The summed E-state index contributed by atoms with van der Waals surface area (Å²) in [7, 11) is 0. The van der Waals surface area contributed by atoms with Crippen molar-refractivity contribution >= 4 is 27.5 Å². The highest BCUT2D eigenvalue weighted by Gasteiger charge is 2.15. The Balaban J connectivity index is 2.02. The Labute approximate surface area is 127 Å². The number of benzene rings is 1. The van der Waals surface area contributed by atoms with E-state index >= 15 is 0 Å². The van der Waals surface area contributed by atoms with Crippen molar-refractivity contribution in [3.05, 3.63) is 46.2 Å². The lowest BCUT2D eigenvalue weighted by Gasteiger charge is -2.14. The molecular formula is C15H18BrN3O. The van der Waals surface area contributed by atoms with Crippen LogP contribution in [0.2, 0.25) is 0 Å². The van der Waals surface area contributed by atoms with Gasteiger partial charge in [0.15, 0.2) is 0 Å². The van der Waals surface area contributed by atoms with Crippen molar-refractivity contribution in [3.63, 3.8) is 0 Å². The van der Waals surface area contributed by atoms with Crippen LogP contribution in [0.25, 0.3) is 0 Å². The van der Waals surface area contributed by atoms with Crippen molar-refractivity contribution in [2.75, 3.05) is 5.32 Å². The molecule has 1 heterocycles. The molecule has 1 unspecified atom stereocenters. The molecule has 0 aliphatic carbocycles. The number of hydrogen-bond acceptors (Lipinski definition) is 2. The Morgan fingerprint density at radius 1 is 1.45 bits per heavy atom. The molecule has 0 aliphatic rings. The van der Waals surface area contributed by atoms with Gasteiger partial charge in [-0.2, -0.15) is 5.10 Å². The molecule has 1 amide bonds. The smallest absolute Gasteiger partial charge is 0.229 e. The molecule has 1 aromatic carbocycles. The van der Waals surface area contributed by atoms with Crippen LogP contribution in [0.3, 0.4) is 0 Å². The first-order valence-electron chi connectivity index (χ1n) is 6.52. The fourth-order valence-corrected chi connectivity index (χ4v) is 2.27. The number of amides is 1. The zero-order valence-electron chi connectivity index (χ0n) is 11.9. The van der Waals surface area contributed by atoms with Crippen molar-refractivity contribution in [2.45, 2.75) is 27.3 Å². The molecule has 1 N–H and O–H groups in total. The molecule has 20 heavy (non-hydrogen) atoms. The van der Waals surface area contributed by atoms with Crippen LogP contribution >= 0.6 is 15.9 Å². The monoisotopic (exact) mass is 335 g/mol. The minimum Gasteiger partial charge on any atom is -0.326 e. The predicted molar refractivity (Wildman–Crippen MR) is 83.6 cm³/mol. The normalized spacial score (nSPS) is 12.2. The number of hydrogen-bond donors (Lipinski definition) is 1. The fourth-order valence-electron chi connectivity index (χ4n) is 1.94. The lowest BCUT2D eigenvalue weighted by Crippen LogP contribution is -2.25. The minimum atomic E-state index is -0.151. The van der Waals surface area contributed by atoms with Crippen molar-refractivity contribution in [1.29, 1.82) is 0 Å². The van der Waals surface area contributed by atoms with E-state index in [1.54, 1.807) is 10.9 Å². The molecule has 1 aromatic heterocycles. The average molecular weight is 336 g/mol. The number of nitrogens with zero attached hydrogens (tertiary/aromatic N) is 2. The van der Waals surface area contributed by atoms with Gasteiger partial charge in [0.2, 0.25) is 5.91 Å². The molecule has 0 fully saturated rings. The van der Waals surface area contributed by atoms with Gasteiger partial charge in [0.25, 0.3) is 0 Å². The standard InChI is InChI=1S/C15H18BrN3O/c1-10-5-4-6-14(12(10)3)18-15(20)11(2)8-19-9-13(16)7-17-19/h4-7,9,11H,8H2,1-3H3,(H,18,20). The van der Waals surface area contributed by atoms with E-state index in [0.717, 1.165) is 15.7 Å². The largest absolute Gasteiger partial charge is 0.326 e. The molecule has 1 atom stereocenters. The van der Waals surface area contributed by atoms with Crippen LogP contribution < -0.4 is 5.32 Å². The summed E-state index contributed by atoms with van der Waals surface area (Å²) in [5.74, 6) is -0.146. The maximum absolute atomic E-state index is 12.2. The van der Waals surface area contributed by atoms with Gasteiger partial charge in [0, 0.05) is 11.9 Å². The van der Waals surface area contributed by atoms with Crippen LogP contribution in [0.1, 0.15) is 18.1 Å². The van der Waals surface area contributed by atoms with E-state index < -0.39 is 0 Å². The molecule has 0 radical (unpaired) electrons. The first-order chi connectivity index (χ1) is 9.47. The molecule has 5 heteroatoms. The molecule has 0 aliphatic heterocycles. The summed E-state index contributed by atoms with van der Waals surface area (Å²) < 4.78 is 2.68. The number of aromatic nitrogens is 2. The quantitative estimate of drug-likeness (QED) is 0.928. The third kappa shape index (κ3) is 3.48. The SMILES string of the molecule is Cc1cccc(NC(=O)C(C)Cn2cc(Br)cn2)c1C. The zero-order valence-corrected chi connectivity index (χ0v) is 13.4. The van der Waals surface area contributed by atoms with Gasteiger partial charge in [-0.25, -0.2) is 0 Å². The third-order valence-electron chi connectivity index (χ3n) is 3.37. The van der Waals surface area contributed by atoms with E-state index in [0.29, 0.717) is 6.54 Å². The summed E-state index contributed by atoms with van der Waals surface area (Å²) in [6.07, 6.45) is 3.58. The number of halogens is 1. The van der Waals surface area contributed by atoms with Gasteiger partial charge in [0.1, 0.15) is 0 Å². The van der Waals surface area contributed by atoms with Gasteiger partial charge in [-0.15, -0.1) is 0 Å². The molecule has 2 rings (SSSR count). The maximum Gasteiger partial charge on any atom is 0.229 e. The molecule has 0 bridgehead atoms. The second-order valence-corrected chi connectivity index (χ2v) is 5.93. The summed E-state index contributed by atoms with van der Waals surface area (Å²) in [6, 6.07) is 5.92. The Hall–Kier alpha value is -1.62. The second kappa shape index (κ2) is 6.22. The van der Waals surface area contributed by atoms with Crippen LogP contribution in [0.15, 0.2) is 35.1 Å². The van der Waals surface area contributed by atoms with Crippen molar-refractivity contribution in [1.82, 2.24) is 9.78 Å². The summed E-state index contributed by atoms with van der Waals surface area (Å²) in [5.41, 5.74) is 3.16. The Morgan fingerprint density at radius 2 is 2.20 bits per heavy atom. The molecule has 0 saturated heterocycles. The van der Waals surface area contributed by atoms with Gasteiger partial charge in [0.05, 0.1) is 23.1 Å². The minimum absolute atomic E-state index is 0.00493. The number of anilines is 1. The molecule has 0 spiro atoms. The number of aryl methyl sites for hydroxylation is 1. The van der Waals surface area contributed by atoms with Crippen LogP contribution in [-0.2, 0) is 11.3 Å². The molecule has 2 aromatic rings. The average Bonchev–Trinajstić information content (AvgIpc) is 2.80. The van der Waals surface area contributed by atoms with E-state index in [9.17, 15) is 4.79 Å². The maximum atomic E-state index is 12.2. The van der Waals surface area contributed by atoms with Gasteiger partial charge < -0.3 is 5.32 Å². The third-order valence-corrected chi connectivity index (χ3v) is 3.78. The van der Waals surface area contributed by atoms with Crippen molar-refractivity contribution < 1.29 is 4.79 Å². The first-order valence-corrected chi connectivity index (χ1v) is 7.31. The summed E-state index contributed by atoms with van der Waals surface area (Å²) in [5, 5.41) is 7.15. The topological polar surface area (TPSA) is 46.9 Å². The lowest BCUT2D eigenvalue weighted by atomic mass is 10.1. The fraction of sp³-hybridized carbons (Fsp3) is 0.333. The Morgan fingerprint density at radius 3 is 2.85 bits per heavy atom. The summed E-state index contributed by atoms with van der Waals surface area (Å²) in [6.45, 7) is 6.51. The zero-order chi connectivity index (χ0) is 14.7. The van der Waals surface area contributed by atoms with E-state index in [1.165, 1.54) is 5.56 Å². The number of nitrogens with one attached hydrogen (secondary N) is 1. The first kappa shape index (κ1) is 14.8. The molecule has 4 nitrogen and oxygen atoms in total. The van der Waals surface area contributed by atoms with E-state index in [4.69, 9.17) is 0 Å². The van der Waals surface area contributed by atoms with Gasteiger partial charge in [-0.1, -0.05) is 19.1 Å². The van der Waals surface area contributed by atoms with Crippen molar-refractivity contribution in [2.24, 2.45) is 5.92 Å². The summed E-state index contributed by atoms with van der Waals surface area (Å²) >= 11 is 3.35. The van der Waals surface area contributed by atoms with E-state index in [-0.39, 0.29) is 11.8 Å². The highest BCUT2D eigenvalue weighted by Crippen LogP contribution is 2.19. The van der Waals surface area contributed by atoms with Crippen molar-refractivity contribution in [3.8, 4) is 0 Å². The number of carbonyl (C=O) groups excluding carboxylic acids is 1. The summed E-state index contributed by atoms with van der Waals surface area (Å²) in [4.78, 5) is 12.2. The lowest BCUT2D eigenvalue weighted by molar-refractivity contribution is -0.119. The molecule has 0 saturated carbocycles. The molecular weight excluding hydrogens is 318 g/mol. The number of rotatable bonds is 4. The highest BCUT2D eigenvalue weighted by molar-refractivity contribution is 9.10. The Bertz CT molecular complexity index is 621. The van der Waals surface area contributed by atoms with Crippen LogP contribution in [0.4, 0.5) is 5.69 Å². The van der Waals surface area contributed by atoms with Gasteiger partial charge in [-0.3, -0.25) is 9.48 Å². The van der Waals surface area contributed by atoms with Gasteiger partial charge in [-0.05, 0) is 47.0 Å². The van der Waals surface area contributed by atoms with Crippen LogP contribution in [-0.4, -0.2) is 15.7 Å². The predicted octanol–water partition coefficient (Wildman–Crippen LogP) is 3.54. The second-order valence-electron chi connectivity index (χ2n) is 5.02. The van der Waals surface area contributed by atoms with Crippen LogP contribution in [0, 0.1) is 19.8 Å².